The monoisotopic (exact) mass is 384 g/mol. The van der Waals surface area contributed by atoms with E-state index < -0.39 is 0 Å². The number of piperazine rings is 1. The van der Waals surface area contributed by atoms with Gasteiger partial charge in [-0.2, -0.15) is 0 Å². The van der Waals surface area contributed by atoms with Crippen molar-refractivity contribution in [1.29, 1.82) is 0 Å². The molecule has 1 saturated heterocycles. The lowest BCUT2D eigenvalue weighted by Crippen LogP contribution is -2.49. The molecule has 1 aliphatic heterocycles. The van der Waals surface area contributed by atoms with E-state index >= 15 is 0 Å². The summed E-state index contributed by atoms with van der Waals surface area (Å²) in [4.78, 5) is 34.1. The van der Waals surface area contributed by atoms with E-state index in [1.54, 1.807) is 28.1 Å². The molecule has 28 heavy (non-hydrogen) atoms. The highest BCUT2D eigenvalue weighted by molar-refractivity contribution is 5.78. The van der Waals surface area contributed by atoms with Gasteiger partial charge in [0.05, 0.1) is 17.9 Å². The van der Waals surface area contributed by atoms with Gasteiger partial charge < -0.3 is 14.7 Å². The first-order valence-electron chi connectivity index (χ1n) is 9.47. The Balaban J connectivity index is 1.49. The average Bonchev–Trinajstić information content (AvgIpc) is 2.72. The Morgan fingerprint density at radius 1 is 1.07 bits per heavy atom. The third kappa shape index (κ3) is 5.06. The van der Waals surface area contributed by atoms with Gasteiger partial charge in [0, 0.05) is 52.3 Å². The molecule has 1 aromatic carbocycles. The van der Waals surface area contributed by atoms with Gasteiger partial charge in [0.1, 0.15) is 5.82 Å². The molecule has 1 aliphatic rings. The third-order valence-electron chi connectivity index (χ3n) is 4.95. The van der Waals surface area contributed by atoms with Gasteiger partial charge in [0.15, 0.2) is 0 Å². The number of nitrogens with zero attached hydrogens (tertiary/aromatic N) is 4. The van der Waals surface area contributed by atoms with Crippen molar-refractivity contribution in [1.82, 2.24) is 14.8 Å². The molecule has 2 amide bonds. The fourth-order valence-corrected chi connectivity index (χ4v) is 3.33. The summed E-state index contributed by atoms with van der Waals surface area (Å²) in [6.07, 6.45) is 1.96. The lowest BCUT2D eigenvalue weighted by Gasteiger charge is -2.36. The zero-order valence-corrected chi connectivity index (χ0v) is 16.1. The first-order valence-corrected chi connectivity index (χ1v) is 9.47. The number of amides is 2. The van der Waals surface area contributed by atoms with Gasteiger partial charge in [-0.1, -0.05) is 18.2 Å². The molecular weight excluding hydrogens is 359 g/mol. The minimum Gasteiger partial charge on any atom is -0.366 e. The van der Waals surface area contributed by atoms with E-state index in [-0.39, 0.29) is 24.1 Å². The Bertz CT molecular complexity index is 807. The molecular formula is C21H25FN4O2. The number of carbonyl (C=O) groups is 2. The van der Waals surface area contributed by atoms with E-state index in [0.717, 1.165) is 5.69 Å². The number of para-hydroxylation sites is 1. The van der Waals surface area contributed by atoms with Crippen LogP contribution in [0.4, 0.5) is 10.1 Å². The van der Waals surface area contributed by atoms with Crippen molar-refractivity contribution in [2.24, 2.45) is 0 Å². The van der Waals surface area contributed by atoms with Crippen LogP contribution >= 0.6 is 0 Å². The molecule has 0 bridgehead atoms. The van der Waals surface area contributed by atoms with Crippen molar-refractivity contribution in [2.45, 2.75) is 19.9 Å². The van der Waals surface area contributed by atoms with Gasteiger partial charge in [-0.05, 0) is 24.3 Å². The first kappa shape index (κ1) is 19.8. The number of anilines is 1. The second-order valence-electron chi connectivity index (χ2n) is 6.83. The molecule has 0 aliphatic carbocycles. The normalized spacial score (nSPS) is 14.1. The standard InChI is InChI=1S/C21H25FN4O2/c1-17(27)26(16-18-6-4-5-10-23-18)11-9-21(28)25-14-12-24(13-15-25)20-8-3-2-7-19(20)22/h2-8,10H,9,11-16H2,1H3. The van der Waals surface area contributed by atoms with E-state index in [9.17, 15) is 14.0 Å². The van der Waals surface area contributed by atoms with E-state index in [0.29, 0.717) is 45.0 Å². The Labute approximate surface area is 164 Å². The Kier molecular flexibility index (Phi) is 6.57. The number of rotatable bonds is 6. The van der Waals surface area contributed by atoms with Crippen LogP contribution in [0.5, 0.6) is 0 Å². The van der Waals surface area contributed by atoms with Crippen LogP contribution in [0.25, 0.3) is 0 Å². The van der Waals surface area contributed by atoms with Crippen molar-refractivity contribution < 1.29 is 14.0 Å². The summed E-state index contributed by atoms with van der Waals surface area (Å²) in [5.41, 5.74) is 1.37. The molecule has 148 valence electrons. The molecule has 2 heterocycles. The maximum Gasteiger partial charge on any atom is 0.224 e. The topological polar surface area (TPSA) is 56.8 Å². The van der Waals surface area contributed by atoms with Gasteiger partial charge in [-0.15, -0.1) is 0 Å². The number of hydrogen-bond donors (Lipinski definition) is 0. The van der Waals surface area contributed by atoms with Gasteiger partial charge in [0.25, 0.3) is 0 Å². The molecule has 3 rings (SSSR count). The molecule has 0 unspecified atom stereocenters. The van der Waals surface area contributed by atoms with E-state index in [4.69, 9.17) is 0 Å². The molecule has 0 radical (unpaired) electrons. The van der Waals surface area contributed by atoms with Crippen LogP contribution in [0.3, 0.4) is 0 Å². The highest BCUT2D eigenvalue weighted by Gasteiger charge is 2.23. The molecule has 1 aromatic heterocycles. The molecule has 0 N–H and O–H groups in total. The van der Waals surface area contributed by atoms with Crippen LogP contribution in [0.2, 0.25) is 0 Å². The maximum absolute atomic E-state index is 13.9. The lowest BCUT2D eigenvalue weighted by atomic mass is 10.2. The number of pyridine rings is 1. The second-order valence-corrected chi connectivity index (χ2v) is 6.83. The van der Waals surface area contributed by atoms with E-state index in [1.165, 1.54) is 13.0 Å². The quantitative estimate of drug-likeness (QED) is 0.767. The Hall–Kier alpha value is -2.96. The van der Waals surface area contributed by atoms with Crippen molar-refractivity contribution in [3.63, 3.8) is 0 Å². The fraction of sp³-hybridized carbons (Fsp3) is 0.381. The predicted molar refractivity (Wildman–Crippen MR) is 105 cm³/mol. The SMILES string of the molecule is CC(=O)N(CCC(=O)N1CCN(c2ccccc2F)CC1)Cc1ccccn1. The summed E-state index contributed by atoms with van der Waals surface area (Å²) >= 11 is 0. The summed E-state index contributed by atoms with van der Waals surface area (Å²) in [6, 6.07) is 12.3. The largest absolute Gasteiger partial charge is 0.366 e. The van der Waals surface area contributed by atoms with Gasteiger partial charge in [-0.25, -0.2) is 4.39 Å². The third-order valence-corrected chi connectivity index (χ3v) is 4.95. The van der Waals surface area contributed by atoms with Crippen molar-refractivity contribution >= 4 is 17.5 Å². The average molecular weight is 384 g/mol. The molecule has 0 spiro atoms. The summed E-state index contributed by atoms with van der Waals surface area (Å²) < 4.78 is 13.9. The van der Waals surface area contributed by atoms with Crippen LogP contribution < -0.4 is 4.90 Å². The Morgan fingerprint density at radius 3 is 2.43 bits per heavy atom. The lowest BCUT2D eigenvalue weighted by molar-refractivity contribution is -0.134. The smallest absolute Gasteiger partial charge is 0.224 e. The van der Waals surface area contributed by atoms with Crippen LogP contribution in [0.15, 0.2) is 48.7 Å². The summed E-state index contributed by atoms with van der Waals surface area (Å²) in [7, 11) is 0. The molecule has 1 fully saturated rings. The van der Waals surface area contributed by atoms with Gasteiger partial charge in [0.2, 0.25) is 11.8 Å². The maximum atomic E-state index is 13.9. The van der Waals surface area contributed by atoms with Crippen molar-refractivity contribution in [2.75, 3.05) is 37.6 Å². The van der Waals surface area contributed by atoms with E-state index in [2.05, 4.69) is 4.98 Å². The van der Waals surface area contributed by atoms with Crippen molar-refractivity contribution in [3.8, 4) is 0 Å². The van der Waals surface area contributed by atoms with Crippen LogP contribution in [0.1, 0.15) is 19.0 Å². The highest BCUT2D eigenvalue weighted by Crippen LogP contribution is 2.20. The van der Waals surface area contributed by atoms with Gasteiger partial charge in [-0.3, -0.25) is 14.6 Å². The number of benzene rings is 1. The molecule has 6 nitrogen and oxygen atoms in total. The minimum absolute atomic E-state index is 0.0143. The minimum atomic E-state index is -0.242. The van der Waals surface area contributed by atoms with Crippen LogP contribution in [-0.2, 0) is 16.1 Å². The fourth-order valence-electron chi connectivity index (χ4n) is 3.33. The second kappa shape index (κ2) is 9.30. The van der Waals surface area contributed by atoms with Crippen LogP contribution in [0, 0.1) is 5.82 Å². The highest BCUT2D eigenvalue weighted by atomic mass is 19.1. The van der Waals surface area contributed by atoms with Gasteiger partial charge >= 0.3 is 0 Å². The zero-order valence-electron chi connectivity index (χ0n) is 16.1. The molecule has 0 atom stereocenters. The number of carbonyl (C=O) groups excluding carboxylic acids is 2. The first-order chi connectivity index (χ1) is 13.5. The zero-order chi connectivity index (χ0) is 19.9. The number of hydrogen-bond acceptors (Lipinski definition) is 4. The number of aromatic nitrogens is 1. The summed E-state index contributed by atoms with van der Waals surface area (Å²) in [5.74, 6) is -0.308. The van der Waals surface area contributed by atoms with Crippen molar-refractivity contribution in [3.05, 3.63) is 60.2 Å². The molecule has 7 heteroatoms. The Morgan fingerprint density at radius 2 is 1.79 bits per heavy atom. The molecule has 2 aromatic rings. The predicted octanol–water partition coefficient (Wildman–Crippen LogP) is 2.31. The van der Waals surface area contributed by atoms with E-state index in [1.807, 2.05) is 29.2 Å². The number of halogens is 1. The van der Waals surface area contributed by atoms with Crippen LogP contribution in [-0.4, -0.2) is 59.3 Å². The summed E-state index contributed by atoms with van der Waals surface area (Å²) in [6.45, 7) is 4.54. The summed E-state index contributed by atoms with van der Waals surface area (Å²) in [5, 5.41) is 0. The molecule has 0 saturated carbocycles.